The molecule has 4 heteroatoms. The second-order valence-electron chi connectivity index (χ2n) is 21.2. The highest BCUT2D eigenvalue weighted by atomic mass is 16.7. The van der Waals surface area contributed by atoms with Crippen LogP contribution in [0.4, 0.5) is 0 Å². The van der Waals surface area contributed by atoms with Crippen LogP contribution in [0.2, 0.25) is 0 Å². The number of unbranched alkanes of at least 4 members (excludes halogenated alkanes) is 9. The maximum Gasteiger partial charge on any atom is 0.158 e. The number of allylic oxidation sites excluding steroid dienone is 5. The summed E-state index contributed by atoms with van der Waals surface area (Å²) >= 11 is 0. The van der Waals surface area contributed by atoms with Gasteiger partial charge in [-0.15, -0.1) is 0 Å². The summed E-state index contributed by atoms with van der Waals surface area (Å²) in [4.78, 5) is 2.19. The number of ether oxygens (including phenoxy) is 3. The van der Waals surface area contributed by atoms with Crippen molar-refractivity contribution in [2.75, 3.05) is 20.7 Å². The van der Waals surface area contributed by atoms with Gasteiger partial charge in [-0.3, -0.25) is 4.90 Å². The Kier molecular flexibility index (Phi) is 22.2. The van der Waals surface area contributed by atoms with Crippen LogP contribution in [0.15, 0.2) is 36.0 Å². The van der Waals surface area contributed by atoms with Gasteiger partial charge in [0, 0.05) is 6.61 Å². The van der Waals surface area contributed by atoms with Gasteiger partial charge in [0.1, 0.15) is 6.23 Å². The molecule has 0 N–H and O–H groups in total. The lowest BCUT2D eigenvalue weighted by molar-refractivity contribution is -0.234. The molecule has 7 unspecified atom stereocenters. The lowest BCUT2D eigenvalue weighted by Gasteiger charge is -2.58. The van der Waals surface area contributed by atoms with E-state index in [0.29, 0.717) is 10.8 Å². The quantitative estimate of drug-likeness (QED) is 0.0428. The topological polar surface area (TPSA) is 30.9 Å². The average Bonchev–Trinajstić information content (AvgIpc) is 3.54. The molecule has 0 spiro atoms. The standard InChI is InChI=1S/C54H97NO3/c1-11-13-14-15-16-17-18-19-20-21-22-23-24-25-26-27-40-56-52(55(9)10)44(6)57-51(29-12-2)58-46-36-38-53(7)45(41-46)32-33-47-49-35-34-48(43(5)31-28-30-42(3)4)54(49,8)39-37-50(47)53/h16-17,19-20,32,42-44,46-52H,11-15,18,21-31,33-41H2,1-10H3/t43-,44?,46?,47?,48-,49?,50?,51?,52?,53+,54-/m1/s1. The van der Waals surface area contributed by atoms with Crippen molar-refractivity contribution in [3.05, 3.63) is 36.0 Å². The number of hydrogen-bond acceptors (Lipinski definition) is 4. The van der Waals surface area contributed by atoms with Crippen LogP contribution in [0.3, 0.4) is 0 Å². The number of hydrogen-bond donors (Lipinski definition) is 0. The Bertz CT molecular complexity index is 1210. The molecule has 0 aromatic rings. The highest BCUT2D eigenvalue weighted by Gasteiger charge is 2.59. The van der Waals surface area contributed by atoms with Gasteiger partial charge in [-0.2, -0.15) is 0 Å². The van der Waals surface area contributed by atoms with Crippen LogP contribution in [-0.2, 0) is 14.2 Å². The minimum atomic E-state index is -0.174. The van der Waals surface area contributed by atoms with E-state index in [2.05, 4.69) is 105 Å². The fourth-order valence-electron chi connectivity index (χ4n) is 12.7. The number of nitrogens with zero attached hydrogens (tertiary/aromatic N) is 1. The number of rotatable bonds is 29. The van der Waals surface area contributed by atoms with E-state index in [-0.39, 0.29) is 24.7 Å². The van der Waals surface area contributed by atoms with Gasteiger partial charge in [-0.05, 0) is 164 Å². The third kappa shape index (κ3) is 14.6. The molecule has 3 fully saturated rings. The molecular weight excluding hydrogens is 711 g/mol. The van der Waals surface area contributed by atoms with E-state index in [1.54, 1.807) is 5.57 Å². The van der Waals surface area contributed by atoms with Gasteiger partial charge >= 0.3 is 0 Å². The third-order valence-corrected chi connectivity index (χ3v) is 16.0. The molecule has 3 saturated carbocycles. The van der Waals surface area contributed by atoms with Crippen molar-refractivity contribution >= 4 is 0 Å². The maximum atomic E-state index is 6.93. The molecule has 0 amide bonds. The highest BCUT2D eigenvalue weighted by molar-refractivity contribution is 5.25. The SMILES string of the molecule is CCCCCC=CCC=CCCCCCCCCOC(C(C)OC(CCC)OC1CC[C@@]2(C)C(=CCC3C2CC[C@@]2(C)C3CC[C@@H]2[C@H](C)CCCC(C)C)C1)N(C)C. The summed E-state index contributed by atoms with van der Waals surface area (Å²) in [5, 5.41) is 0. The minimum absolute atomic E-state index is 0.0515. The predicted molar refractivity (Wildman–Crippen MR) is 250 cm³/mol. The van der Waals surface area contributed by atoms with Crippen LogP contribution >= 0.6 is 0 Å². The monoisotopic (exact) mass is 808 g/mol. The smallest absolute Gasteiger partial charge is 0.158 e. The molecule has 4 nitrogen and oxygen atoms in total. The van der Waals surface area contributed by atoms with Gasteiger partial charge < -0.3 is 14.2 Å². The largest absolute Gasteiger partial charge is 0.360 e. The minimum Gasteiger partial charge on any atom is -0.360 e. The Labute approximate surface area is 361 Å². The highest BCUT2D eigenvalue weighted by Crippen LogP contribution is 2.67. The Balaban J connectivity index is 1.17. The molecule has 0 aromatic heterocycles. The summed E-state index contributed by atoms with van der Waals surface area (Å²) in [6.45, 7) is 20.3. The van der Waals surface area contributed by atoms with Crippen LogP contribution in [0.1, 0.15) is 216 Å². The Hall–Kier alpha value is -0.940. The van der Waals surface area contributed by atoms with Crippen molar-refractivity contribution in [1.29, 1.82) is 0 Å². The molecule has 4 aliphatic carbocycles. The predicted octanol–water partition coefficient (Wildman–Crippen LogP) is 15.7. The summed E-state index contributed by atoms with van der Waals surface area (Å²) in [6, 6.07) is 0. The summed E-state index contributed by atoms with van der Waals surface area (Å²) in [5.74, 6) is 5.30. The van der Waals surface area contributed by atoms with Crippen LogP contribution in [0.25, 0.3) is 0 Å². The Morgan fingerprint density at radius 2 is 1.45 bits per heavy atom. The Morgan fingerprint density at radius 3 is 2.14 bits per heavy atom. The van der Waals surface area contributed by atoms with E-state index in [9.17, 15) is 0 Å². The first-order chi connectivity index (χ1) is 27.9. The Morgan fingerprint density at radius 1 is 0.741 bits per heavy atom. The van der Waals surface area contributed by atoms with Gasteiger partial charge in [0.05, 0.1) is 12.2 Å². The van der Waals surface area contributed by atoms with E-state index in [1.807, 2.05) is 0 Å². The van der Waals surface area contributed by atoms with Crippen LogP contribution in [0, 0.1) is 46.3 Å². The molecule has 4 aliphatic rings. The van der Waals surface area contributed by atoms with Crippen LogP contribution in [0.5, 0.6) is 0 Å². The van der Waals surface area contributed by atoms with Crippen molar-refractivity contribution < 1.29 is 14.2 Å². The molecule has 0 radical (unpaired) electrons. The fourth-order valence-corrected chi connectivity index (χ4v) is 12.7. The van der Waals surface area contributed by atoms with Crippen LogP contribution in [-0.4, -0.2) is 50.3 Å². The van der Waals surface area contributed by atoms with E-state index < -0.39 is 0 Å². The molecule has 11 atom stereocenters. The van der Waals surface area contributed by atoms with E-state index in [4.69, 9.17) is 14.2 Å². The van der Waals surface area contributed by atoms with Gasteiger partial charge in [0.2, 0.25) is 0 Å². The zero-order valence-corrected chi connectivity index (χ0v) is 40.2. The first-order valence-corrected chi connectivity index (χ1v) is 25.5. The molecule has 0 bridgehead atoms. The molecule has 0 heterocycles. The molecule has 336 valence electrons. The first-order valence-electron chi connectivity index (χ1n) is 25.5. The average molecular weight is 808 g/mol. The fraction of sp³-hybridized carbons (Fsp3) is 0.889. The lowest BCUT2D eigenvalue weighted by Crippen LogP contribution is -2.51. The zero-order chi connectivity index (χ0) is 42.0. The van der Waals surface area contributed by atoms with Crippen LogP contribution < -0.4 is 0 Å². The molecule has 0 saturated heterocycles. The molecule has 58 heavy (non-hydrogen) atoms. The molecule has 0 aromatic carbocycles. The van der Waals surface area contributed by atoms with Crippen molar-refractivity contribution in [2.24, 2.45) is 46.3 Å². The van der Waals surface area contributed by atoms with Crippen molar-refractivity contribution in [2.45, 2.75) is 241 Å². The summed E-state index contributed by atoms with van der Waals surface area (Å²) in [5.41, 5.74) is 2.63. The maximum absolute atomic E-state index is 6.93. The van der Waals surface area contributed by atoms with Crippen molar-refractivity contribution in [3.8, 4) is 0 Å². The van der Waals surface area contributed by atoms with E-state index in [1.165, 1.54) is 122 Å². The lowest BCUT2D eigenvalue weighted by atomic mass is 9.47. The van der Waals surface area contributed by atoms with Gasteiger partial charge in [-0.1, -0.05) is 149 Å². The zero-order valence-electron chi connectivity index (χ0n) is 40.2. The number of fused-ring (bicyclic) bond motifs is 5. The van der Waals surface area contributed by atoms with Crippen molar-refractivity contribution in [3.63, 3.8) is 0 Å². The van der Waals surface area contributed by atoms with E-state index >= 15 is 0 Å². The molecule has 0 aliphatic heterocycles. The second kappa shape index (κ2) is 25.9. The van der Waals surface area contributed by atoms with Crippen molar-refractivity contribution in [1.82, 2.24) is 4.90 Å². The van der Waals surface area contributed by atoms with E-state index in [0.717, 1.165) is 80.6 Å². The summed E-state index contributed by atoms with van der Waals surface area (Å²) < 4.78 is 20.2. The second-order valence-corrected chi connectivity index (χ2v) is 21.2. The van der Waals surface area contributed by atoms with Gasteiger partial charge in [0.25, 0.3) is 0 Å². The summed E-state index contributed by atoms with van der Waals surface area (Å²) in [7, 11) is 4.24. The third-order valence-electron chi connectivity index (χ3n) is 16.0. The molecule has 4 rings (SSSR count). The van der Waals surface area contributed by atoms with Gasteiger partial charge in [0.15, 0.2) is 6.29 Å². The number of likely N-dealkylation sites (N-methyl/N-ethyl adjacent to an activating group) is 1. The van der Waals surface area contributed by atoms with Gasteiger partial charge in [-0.25, -0.2) is 0 Å². The molecular formula is C54H97NO3. The normalized spacial score (nSPS) is 30.8. The first kappa shape index (κ1) is 49.7. The summed E-state index contributed by atoms with van der Waals surface area (Å²) in [6.07, 6.45) is 44.2.